The van der Waals surface area contributed by atoms with Crippen LogP contribution in [0.1, 0.15) is 20.3 Å². The lowest BCUT2D eigenvalue weighted by Gasteiger charge is -2.34. The van der Waals surface area contributed by atoms with Gasteiger partial charge in [-0.15, -0.1) is 0 Å². The van der Waals surface area contributed by atoms with Gasteiger partial charge in [-0.2, -0.15) is 0 Å². The van der Waals surface area contributed by atoms with Gasteiger partial charge in [-0.05, 0) is 12.0 Å². The van der Waals surface area contributed by atoms with E-state index in [9.17, 15) is 14.4 Å². The lowest BCUT2D eigenvalue weighted by atomic mass is 10.1. The Hall–Kier alpha value is -2.75. The van der Waals surface area contributed by atoms with Crippen LogP contribution in [0.2, 0.25) is 0 Å². The minimum atomic E-state index is -0.644. The van der Waals surface area contributed by atoms with E-state index in [-0.39, 0.29) is 43.1 Å². The average molecular weight is 391 g/mol. The predicted octanol–water partition coefficient (Wildman–Crippen LogP) is -1.27. The molecule has 1 aromatic heterocycles. The highest BCUT2D eigenvalue weighted by Crippen LogP contribution is 2.10. The molecule has 0 aromatic carbocycles. The molecule has 2 heterocycles. The van der Waals surface area contributed by atoms with Crippen LogP contribution in [0.4, 0.5) is 5.95 Å². The van der Waals surface area contributed by atoms with E-state index in [1.165, 1.54) is 0 Å². The molecule has 10 heteroatoms. The second kappa shape index (κ2) is 10.5. The van der Waals surface area contributed by atoms with Gasteiger partial charge in [0.05, 0.1) is 12.6 Å². The molecule has 154 valence electrons. The molecule has 0 saturated carbocycles. The van der Waals surface area contributed by atoms with Gasteiger partial charge in [0.1, 0.15) is 0 Å². The molecule has 4 N–H and O–H groups in total. The van der Waals surface area contributed by atoms with Crippen LogP contribution in [-0.2, 0) is 14.4 Å². The molecule has 0 bridgehead atoms. The molecule has 3 amide bonds. The zero-order valence-electron chi connectivity index (χ0n) is 16.4. The standard InChI is InChI=1S/C18H29N7O3/c1-13(2)16(19)17(28)23-12-14(26)20-7-4-15(27)24-8-10-25(11-9-24)18-21-5-3-6-22-18/h3,5-6,13,16H,4,7-12,19H2,1-2H3,(H,20,26)(H,23,28)/t16-/m0/s1. The third-order valence-corrected chi connectivity index (χ3v) is 4.57. The van der Waals surface area contributed by atoms with Crippen molar-refractivity contribution in [3.05, 3.63) is 18.5 Å². The number of nitrogens with one attached hydrogen (secondary N) is 2. The van der Waals surface area contributed by atoms with E-state index < -0.39 is 6.04 Å². The molecule has 1 atom stereocenters. The van der Waals surface area contributed by atoms with Crippen LogP contribution in [0.5, 0.6) is 0 Å². The Morgan fingerprint density at radius 2 is 1.75 bits per heavy atom. The van der Waals surface area contributed by atoms with Crippen molar-refractivity contribution in [1.29, 1.82) is 0 Å². The molecule has 2 rings (SSSR count). The maximum atomic E-state index is 12.3. The van der Waals surface area contributed by atoms with Crippen LogP contribution in [0.3, 0.4) is 0 Å². The zero-order chi connectivity index (χ0) is 20.5. The monoisotopic (exact) mass is 391 g/mol. The summed E-state index contributed by atoms with van der Waals surface area (Å²) in [7, 11) is 0. The number of carbonyl (C=O) groups excluding carboxylic acids is 3. The van der Waals surface area contributed by atoms with Gasteiger partial charge < -0.3 is 26.2 Å². The normalized spacial score (nSPS) is 15.3. The summed E-state index contributed by atoms with van der Waals surface area (Å²) in [5, 5.41) is 5.14. The third-order valence-electron chi connectivity index (χ3n) is 4.57. The molecule has 10 nitrogen and oxygen atoms in total. The van der Waals surface area contributed by atoms with Gasteiger partial charge in [-0.3, -0.25) is 14.4 Å². The highest BCUT2D eigenvalue weighted by atomic mass is 16.2. The largest absolute Gasteiger partial charge is 0.354 e. The van der Waals surface area contributed by atoms with Crippen molar-refractivity contribution < 1.29 is 14.4 Å². The molecular weight excluding hydrogens is 362 g/mol. The molecule has 1 aliphatic rings. The summed E-state index contributed by atoms with van der Waals surface area (Å²) in [5.41, 5.74) is 5.71. The first-order valence-corrected chi connectivity index (χ1v) is 9.48. The number of nitrogens with zero attached hydrogens (tertiary/aromatic N) is 4. The smallest absolute Gasteiger partial charge is 0.239 e. The molecule has 0 aliphatic carbocycles. The van der Waals surface area contributed by atoms with Crippen LogP contribution in [-0.4, -0.2) is 77.9 Å². The fraction of sp³-hybridized carbons (Fsp3) is 0.611. The molecule has 0 radical (unpaired) electrons. The Morgan fingerprint density at radius 3 is 2.36 bits per heavy atom. The van der Waals surface area contributed by atoms with E-state index >= 15 is 0 Å². The van der Waals surface area contributed by atoms with Crippen molar-refractivity contribution in [3.63, 3.8) is 0 Å². The molecule has 1 saturated heterocycles. The van der Waals surface area contributed by atoms with Crippen LogP contribution >= 0.6 is 0 Å². The Balaban J connectivity index is 1.62. The highest BCUT2D eigenvalue weighted by Gasteiger charge is 2.22. The van der Waals surface area contributed by atoms with Crippen LogP contribution in [0, 0.1) is 5.92 Å². The van der Waals surface area contributed by atoms with E-state index in [0.29, 0.717) is 32.1 Å². The van der Waals surface area contributed by atoms with E-state index in [1.54, 1.807) is 23.4 Å². The van der Waals surface area contributed by atoms with Crippen molar-refractivity contribution in [2.45, 2.75) is 26.3 Å². The van der Waals surface area contributed by atoms with Gasteiger partial charge in [0, 0.05) is 51.5 Å². The number of aromatic nitrogens is 2. The Bertz CT molecular complexity index is 660. The second-order valence-electron chi connectivity index (χ2n) is 7.00. The second-order valence-corrected chi connectivity index (χ2v) is 7.00. The first kappa shape index (κ1) is 21.5. The first-order valence-electron chi connectivity index (χ1n) is 9.48. The molecule has 28 heavy (non-hydrogen) atoms. The number of carbonyl (C=O) groups is 3. The van der Waals surface area contributed by atoms with Crippen LogP contribution in [0.15, 0.2) is 18.5 Å². The van der Waals surface area contributed by atoms with E-state index in [1.807, 2.05) is 18.7 Å². The molecule has 0 unspecified atom stereocenters. The molecule has 1 fully saturated rings. The lowest BCUT2D eigenvalue weighted by Crippen LogP contribution is -2.50. The first-order chi connectivity index (χ1) is 13.4. The number of nitrogens with two attached hydrogens (primary N) is 1. The van der Waals surface area contributed by atoms with Crippen molar-refractivity contribution in [2.75, 3.05) is 44.2 Å². The number of piperazine rings is 1. The maximum Gasteiger partial charge on any atom is 0.239 e. The summed E-state index contributed by atoms with van der Waals surface area (Å²) in [4.78, 5) is 48.0. The van der Waals surface area contributed by atoms with Gasteiger partial charge in [-0.1, -0.05) is 13.8 Å². The molecule has 0 spiro atoms. The van der Waals surface area contributed by atoms with Crippen molar-refractivity contribution in [2.24, 2.45) is 11.7 Å². The molecular formula is C18H29N7O3. The summed E-state index contributed by atoms with van der Waals surface area (Å²) in [6, 6.07) is 1.12. The quantitative estimate of drug-likeness (QED) is 0.503. The molecule has 1 aliphatic heterocycles. The van der Waals surface area contributed by atoms with E-state index in [4.69, 9.17) is 5.73 Å². The van der Waals surface area contributed by atoms with Crippen LogP contribution < -0.4 is 21.3 Å². The summed E-state index contributed by atoms with van der Waals surface area (Å²) < 4.78 is 0. The summed E-state index contributed by atoms with van der Waals surface area (Å²) in [6.45, 7) is 6.27. The fourth-order valence-electron chi connectivity index (χ4n) is 2.73. The van der Waals surface area contributed by atoms with Gasteiger partial charge >= 0.3 is 0 Å². The maximum absolute atomic E-state index is 12.3. The Labute approximate surface area is 164 Å². The zero-order valence-corrected chi connectivity index (χ0v) is 16.4. The summed E-state index contributed by atoms with van der Waals surface area (Å²) in [6.07, 6.45) is 3.61. The van der Waals surface area contributed by atoms with Gasteiger partial charge in [0.2, 0.25) is 23.7 Å². The Morgan fingerprint density at radius 1 is 1.11 bits per heavy atom. The summed E-state index contributed by atoms with van der Waals surface area (Å²) >= 11 is 0. The van der Waals surface area contributed by atoms with Gasteiger partial charge in [0.25, 0.3) is 0 Å². The number of anilines is 1. The van der Waals surface area contributed by atoms with Crippen molar-refractivity contribution in [3.8, 4) is 0 Å². The van der Waals surface area contributed by atoms with Crippen LogP contribution in [0.25, 0.3) is 0 Å². The van der Waals surface area contributed by atoms with Gasteiger partial charge in [-0.25, -0.2) is 9.97 Å². The highest BCUT2D eigenvalue weighted by molar-refractivity contribution is 5.87. The third kappa shape index (κ3) is 6.45. The molecule has 1 aromatic rings. The topological polar surface area (TPSA) is 134 Å². The van der Waals surface area contributed by atoms with Crippen molar-refractivity contribution in [1.82, 2.24) is 25.5 Å². The number of rotatable bonds is 8. The Kier molecular flexibility index (Phi) is 8.12. The number of hydrogen-bond donors (Lipinski definition) is 3. The predicted molar refractivity (Wildman–Crippen MR) is 104 cm³/mol. The van der Waals surface area contributed by atoms with E-state index in [0.717, 1.165) is 0 Å². The summed E-state index contributed by atoms with van der Waals surface area (Å²) in [5.74, 6) is -0.0554. The number of amides is 3. The minimum Gasteiger partial charge on any atom is -0.354 e. The van der Waals surface area contributed by atoms with Crippen molar-refractivity contribution >= 4 is 23.7 Å². The SMILES string of the molecule is CC(C)[C@H](N)C(=O)NCC(=O)NCCC(=O)N1CCN(c2ncccn2)CC1. The minimum absolute atomic E-state index is 0.00500. The van der Waals surface area contributed by atoms with Gasteiger partial charge in [0.15, 0.2) is 0 Å². The average Bonchev–Trinajstić information content (AvgIpc) is 2.72. The lowest BCUT2D eigenvalue weighted by molar-refractivity contribution is -0.131. The fourth-order valence-corrected chi connectivity index (χ4v) is 2.73. The van der Waals surface area contributed by atoms with E-state index in [2.05, 4.69) is 20.6 Å². The number of hydrogen-bond acceptors (Lipinski definition) is 7.